The minimum absolute atomic E-state index is 0. The number of hydrogen-bond acceptors (Lipinski definition) is 2. The van der Waals surface area contributed by atoms with Crippen molar-refractivity contribution in [2.24, 2.45) is 5.92 Å². The van der Waals surface area contributed by atoms with Gasteiger partial charge in [0, 0.05) is 6.04 Å². The molecule has 0 aromatic carbocycles. The van der Waals surface area contributed by atoms with Gasteiger partial charge >= 0.3 is 5.97 Å². The highest BCUT2D eigenvalue weighted by Crippen LogP contribution is 2.29. The van der Waals surface area contributed by atoms with Crippen molar-refractivity contribution in [3.05, 3.63) is 0 Å². The number of nitrogens with zero attached hydrogens (tertiary/aromatic N) is 1. The van der Waals surface area contributed by atoms with Crippen molar-refractivity contribution < 1.29 is 9.90 Å². The van der Waals surface area contributed by atoms with E-state index in [9.17, 15) is 4.79 Å². The molecule has 0 spiro atoms. The molecule has 1 aliphatic heterocycles. The lowest BCUT2D eigenvalue weighted by molar-refractivity contribution is -0.143. The van der Waals surface area contributed by atoms with E-state index in [1.54, 1.807) is 0 Å². The molecule has 0 aromatic rings. The van der Waals surface area contributed by atoms with Gasteiger partial charge in [0.05, 0.1) is 5.92 Å². The molecule has 0 amide bonds. The van der Waals surface area contributed by atoms with Crippen LogP contribution >= 0.6 is 12.4 Å². The van der Waals surface area contributed by atoms with Crippen LogP contribution in [0.3, 0.4) is 0 Å². The maximum absolute atomic E-state index is 10.8. The van der Waals surface area contributed by atoms with E-state index in [1.807, 2.05) is 0 Å². The molecule has 1 saturated carbocycles. The summed E-state index contributed by atoms with van der Waals surface area (Å²) in [5, 5.41) is 8.92. The normalized spacial score (nSPS) is 31.8. The molecule has 2 aliphatic rings. The van der Waals surface area contributed by atoms with E-state index in [1.165, 1.54) is 32.4 Å². The lowest BCUT2D eigenvalue weighted by Crippen LogP contribution is -2.42. The molecule has 0 aromatic heterocycles. The van der Waals surface area contributed by atoms with Crippen molar-refractivity contribution in [2.45, 2.75) is 51.0 Å². The molecule has 94 valence electrons. The first-order chi connectivity index (χ1) is 7.27. The number of carboxylic acid groups (broad SMARTS) is 1. The second kappa shape index (κ2) is 6.45. The van der Waals surface area contributed by atoms with Crippen molar-refractivity contribution in [1.82, 2.24) is 4.90 Å². The van der Waals surface area contributed by atoms with E-state index in [2.05, 4.69) is 4.90 Å². The maximum Gasteiger partial charge on any atom is 0.306 e. The van der Waals surface area contributed by atoms with Gasteiger partial charge < -0.3 is 10.0 Å². The third kappa shape index (κ3) is 3.36. The Kier molecular flexibility index (Phi) is 5.56. The van der Waals surface area contributed by atoms with Crippen LogP contribution in [0.5, 0.6) is 0 Å². The highest BCUT2D eigenvalue weighted by molar-refractivity contribution is 5.85. The Morgan fingerprint density at radius 3 is 2.06 bits per heavy atom. The third-order valence-electron chi connectivity index (χ3n) is 3.95. The van der Waals surface area contributed by atoms with Crippen LogP contribution in [0.1, 0.15) is 44.9 Å². The van der Waals surface area contributed by atoms with Crippen molar-refractivity contribution in [1.29, 1.82) is 0 Å². The fourth-order valence-corrected chi connectivity index (χ4v) is 2.97. The number of carboxylic acids is 1. The lowest BCUT2D eigenvalue weighted by Gasteiger charge is -2.38. The zero-order valence-electron chi connectivity index (χ0n) is 9.73. The van der Waals surface area contributed by atoms with Gasteiger partial charge in [0.15, 0.2) is 0 Å². The molecule has 1 aliphatic carbocycles. The number of rotatable bonds is 2. The first-order valence-electron chi connectivity index (χ1n) is 6.24. The maximum atomic E-state index is 10.8. The van der Waals surface area contributed by atoms with E-state index in [0.29, 0.717) is 6.04 Å². The molecule has 0 radical (unpaired) electrons. The molecule has 1 heterocycles. The van der Waals surface area contributed by atoms with Crippen LogP contribution in [0.4, 0.5) is 0 Å². The molecule has 4 heteroatoms. The molecule has 2 fully saturated rings. The van der Waals surface area contributed by atoms with E-state index in [-0.39, 0.29) is 18.3 Å². The van der Waals surface area contributed by atoms with Gasteiger partial charge in [0.25, 0.3) is 0 Å². The summed E-state index contributed by atoms with van der Waals surface area (Å²) in [6, 6.07) is 0.681. The zero-order valence-corrected chi connectivity index (χ0v) is 10.5. The highest BCUT2D eigenvalue weighted by atomic mass is 35.5. The van der Waals surface area contributed by atoms with Crippen molar-refractivity contribution >= 4 is 18.4 Å². The van der Waals surface area contributed by atoms with Crippen molar-refractivity contribution in [2.75, 3.05) is 13.1 Å². The molecule has 1 N–H and O–H groups in total. The van der Waals surface area contributed by atoms with Crippen molar-refractivity contribution in [3.63, 3.8) is 0 Å². The van der Waals surface area contributed by atoms with Crippen molar-refractivity contribution in [3.8, 4) is 0 Å². The number of hydrogen-bond donors (Lipinski definition) is 1. The quantitative estimate of drug-likeness (QED) is 0.815. The predicted molar refractivity (Wildman–Crippen MR) is 66.1 cm³/mol. The second-order valence-corrected chi connectivity index (χ2v) is 4.94. The summed E-state index contributed by atoms with van der Waals surface area (Å²) in [5.74, 6) is -0.655. The molecule has 16 heavy (non-hydrogen) atoms. The lowest BCUT2D eigenvalue weighted by atomic mass is 9.85. The highest BCUT2D eigenvalue weighted by Gasteiger charge is 2.29. The van der Waals surface area contributed by atoms with E-state index in [4.69, 9.17) is 5.11 Å². The Bertz CT molecular complexity index is 221. The average molecular weight is 248 g/mol. The van der Waals surface area contributed by atoms with Gasteiger partial charge in [0.2, 0.25) is 0 Å². The van der Waals surface area contributed by atoms with E-state index >= 15 is 0 Å². The fourth-order valence-electron chi connectivity index (χ4n) is 2.97. The minimum Gasteiger partial charge on any atom is -0.481 e. The van der Waals surface area contributed by atoms with Crippen LogP contribution in [0.25, 0.3) is 0 Å². The van der Waals surface area contributed by atoms with Gasteiger partial charge in [-0.1, -0.05) is 6.42 Å². The van der Waals surface area contributed by atoms with Crippen LogP contribution in [-0.2, 0) is 4.79 Å². The minimum atomic E-state index is -0.591. The van der Waals surface area contributed by atoms with E-state index < -0.39 is 5.97 Å². The molecule has 2 rings (SSSR count). The molecule has 0 atom stereocenters. The van der Waals surface area contributed by atoms with Gasteiger partial charge in [0.1, 0.15) is 0 Å². The largest absolute Gasteiger partial charge is 0.481 e. The second-order valence-electron chi connectivity index (χ2n) is 4.94. The molecule has 1 saturated heterocycles. The summed E-state index contributed by atoms with van der Waals surface area (Å²) in [5.41, 5.74) is 0. The Labute approximate surface area is 104 Å². The smallest absolute Gasteiger partial charge is 0.306 e. The molecular formula is C12H22ClNO2. The SMILES string of the molecule is Cl.O=C(O)[C@H]1CC[C@H](N2CCCCC2)CC1. The number of likely N-dealkylation sites (tertiary alicyclic amines) is 1. The summed E-state index contributed by atoms with van der Waals surface area (Å²) in [6.45, 7) is 2.48. The van der Waals surface area contributed by atoms with Gasteiger partial charge in [-0.15, -0.1) is 12.4 Å². The molecular weight excluding hydrogens is 226 g/mol. The van der Waals surface area contributed by atoms with Gasteiger partial charge in [-0.3, -0.25) is 4.79 Å². The Hall–Kier alpha value is -0.280. The van der Waals surface area contributed by atoms with Crippen LogP contribution in [0.15, 0.2) is 0 Å². The van der Waals surface area contributed by atoms with Crippen LogP contribution in [-0.4, -0.2) is 35.1 Å². The molecule has 0 unspecified atom stereocenters. The summed E-state index contributed by atoms with van der Waals surface area (Å²) in [4.78, 5) is 13.4. The Morgan fingerprint density at radius 1 is 1.00 bits per heavy atom. The van der Waals surface area contributed by atoms with Gasteiger partial charge in [-0.05, 0) is 51.6 Å². The number of carbonyl (C=O) groups is 1. The van der Waals surface area contributed by atoms with Crippen LogP contribution in [0.2, 0.25) is 0 Å². The fraction of sp³-hybridized carbons (Fsp3) is 0.917. The van der Waals surface area contributed by atoms with Crippen LogP contribution in [0, 0.1) is 5.92 Å². The predicted octanol–water partition coefficient (Wildman–Crippen LogP) is 2.54. The Morgan fingerprint density at radius 2 is 1.56 bits per heavy atom. The zero-order chi connectivity index (χ0) is 10.7. The number of halogens is 1. The summed E-state index contributed by atoms with van der Waals surface area (Å²) in [6.07, 6.45) is 8.00. The van der Waals surface area contributed by atoms with E-state index in [0.717, 1.165) is 25.7 Å². The third-order valence-corrected chi connectivity index (χ3v) is 3.95. The summed E-state index contributed by atoms with van der Waals surface area (Å²) >= 11 is 0. The summed E-state index contributed by atoms with van der Waals surface area (Å²) in [7, 11) is 0. The first-order valence-corrected chi connectivity index (χ1v) is 6.24. The number of aliphatic carboxylic acids is 1. The Balaban J connectivity index is 0.00000128. The average Bonchev–Trinajstić information content (AvgIpc) is 2.30. The monoisotopic (exact) mass is 247 g/mol. The topological polar surface area (TPSA) is 40.5 Å². The van der Waals surface area contributed by atoms with Crippen LogP contribution < -0.4 is 0 Å². The van der Waals surface area contributed by atoms with Gasteiger partial charge in [-0.25, -0.2) is 0 Å². The molecule has 3 nitrogen and oxygen atoms in total. The molecule has 0 bridgehead atoms. The summed E-state index contributed by atoms with van der Waals surface area (Å²) < 4.78 is 0. The van der Waals surface area contributed by atoms with Gasteiger partial charge in [-0.2, -0.15) is 0 Å². The number of piperidine rings is 1. The first kappa shape index (κ1) is 13.8. The standard InChI is InChI=1S/C12H21NO2.ClH/c14-12(15)10-4-6-11(7-5-10)13-8-2-1-3-9-13;/h10-11H,1-9H2,(H,14,15);1H/t10-,11-;.